The largest absolute Gasteiger partial charge is 0.356 e. The molecule has 9 nitrogen and oxygen atoms in total. The van der Waals surface area contributed by atoms with Crippen LogP contribution in [-0.2, 0) is 24.0 Å². The summed E-state index contributed by atoms with van der Waals surface area (Å²) in [6.45, 7) is 4.60. The van der Waals surface area contributed by atoms with Crippen molar-refractivity contribution >= 4 is 29.5 Å². The number of hydrogen-bond acceptors (Lipinski definition) is 5. The molecule has 0 spiro atoms. The van der Waals surface area contributed by atoms with Crippen LogP contribution in [0.4, 0.5) is 0 Å². The van der Waals surface area contributed by atoms with Gasteiger partial charge in [0.05, 0.1) is 5.92 Å². The zero-order valence-electron chi connectivity index (χ0n) is 19.2. The highest BCUT2D eigenvalue weighted by Crippen LogP contribution is 2.41. The van der Waals surface area contributed by atoms with Gasteiger partial charge in [0.1, 0.15) is 0 Å². The Bertz CT molecular complexity index is 725. The lowest BCUT2D eigenvalue weighted by atomic mass is 9.84. The third-order valence-electron chi connectivity index (χ3n) is 6.82. The van der Waals surface area contributed by atoms with Gasteiger partial charge in [-0.25, -0.2) is 0 Å². The number of fused-ring (bicyclic) bond motifs is 2. The Morgan fingerprint density at radius 3 is 2.22 bits per heavy atom. The van der Waals surface area contributed by atoms with Crippen molar-refractivity contribution in [3.63, 3.8) is 0 Å². The van der Waals surface area contributed by atoms with Crippen LogP contribution in [0.1, 0.15) is 78.1 Å². The van der Waals surface area contributed by atoms with E-state index in [1.807, 2.05) is 18.7 Å². The lowest BCUT2D eigenvalue weighted by Gasteiger charge is -2.41. The van der Waals surface area contributed by atoms with Crippen molar-refractivity contribution in [1.82, 2.24) is 20.9 Å². The molecule has 32 heavy (non-hydrogen) atoms. The molecule has 5 amide bonds. The number of imide groups is 1. The number of carbonyl (C=O) groups excluding carboxylic acids is 5. The second-order valence-electron chi connectivity index (χ2n) is 9.60. The van der Waals surface area contributed by atoms with E-state index in [0.29, 0.717) is 12.5 Å². The maximum Gasteiger partial charge on any atom is 0.227 e. The first-order chi connectivity index (χ1) is 15.3. The van der Waals surface area contributed by atoms with E-state index in [4.69, 9.17) is 0 Å². The predicted molar refractivity (Wildman–Crippen MR) is 117 cm³/mol. The van der Waals surface area contributed by atoms with Crippen LogP contribution in [0.2, 0.25) is 0 Å². The normalized spacial score (nSPS) is 26.4. The van der Waals surface area contributed by atoms with Gasteiger partial charge in [-0.1, -0.05) is 6.92 Å². The van der Waals surface area contributed by atoms with Crippen molar-refractivity contribution in [1.29, 1.82) is 0 Å². The van der Waals surface area contributed by atoms with E-state index in [0.717, 1.165) is 38.5 Å². The van der Waals surface area contributed by atoms with Crippen LogP contribution in [0.15, 0.2) is 0 Å². The zero-order valence-corrected chi connectivity index (χ0v) is 19.2. The van der Waals surface area contributed by atoms with Gasteiger partial charge in [0.2, 0.25) is 29.5 Å². The van der Waals surface area contributed by atoms with Gasteiger partial charge in [0.15, 0.2) is 0 Å². The van der Waals surface area contributed by atoms with Crippen molar-refractivity contribution in [3.8, 4) is 0 Å². The summed E-state index contributed by atoms with van der Waals surface area (Å²) in [5.74, 6) is -1.12. The highest BCUT2D eigenvalue weighted by Gasteiger charge is 2.46. The molecule has 0 aromatic heterocycles. The molecule has 3 atom stereocenters. The number of piperidine rings is 2. The van der Waals surface area contributed by atoms with E-state index in [1.54, 1.807) is 0 Å². The standard InChI is InChI=1S/C23H36N4O5/c1-3-8-24-19(28)6-7-20(29)25-14(2)9-15-10-17-4-5-18(11-15)27(17)23(32)16-12-21(30)26-22(31)13-16/h14-18H,3-13H2,1-2H3,(H,24,28)(H,25,29)(H,26,30,31). The van der Waals surface area contributed by atoms with Gasteiger partial charge in [0, 0.05) is 50.4 Å². The van der Waals surface area contributed by atoms with Crippen LogP contribution in [0, 0.1) is 11.8 Å². The average Bonchev–Trinajstić information content (AvgIpc) is 2.99. The fourth-order valence-electron chi connectivity index (χ4n) is 5.49. The number of nitrogens with one attached hydrogen (secondary N) is 3. The zero-order chi connectivity index (χ0) is 23.3. The minimum absolute atomic E-state index is 0.00696. The summed E-state index contributed by atoms with van der Waals surface area (Å²) in [4.78, 5) is 62.2. The molecular formula is C23H36N4O5. The van der Waals surface area contributed by atoms with E-state index in [1.165, 1.54) is 0 Å². The quantitative estimate of drug-likeness (QED) is 0.454. The topological polar surface area (TPSA) is 125 Å². The number of hydrogen-bond donors (Lipinski definition) is 3. The highest BCUT2D eigenvalue weighted by atomic mass is 16.2. The van der Waals surface area contributed by atoms with Gasteiger partial charge >= 0.3 is 0 Å². The molecule has 9 heteroatoms. The molecule has 3 saturated heterocycles. The lowest BCUT2D eigenvalue weighted by Crippen LogP contribution is -2.52. The maximum atomic E-state index is 13.1. The first-order valence-corrected chi connectivity index (χ1v) is 12.0. The summed E-state index contributed by atoms with van der Waals surface area (Å²) in [7, 11) is 0. The summed E-state index contributed by atoms with van der Waals surface area (Å²) in [5.41, 5.74) is 0. The van der Waals surface area contributed by atoms with E-state index < -0.39 is 5.92 Å². The Hall–Kier alpha value is -2.45. The van der Waals surface area contributed by atoms with Crippen LogP contribution < -0.4 is 16.0 Å². The second kappa shape index (κ2) is 10.9. The van der Waals surface area contributed by atoms with E-state index >= 15 is 0 Å². The number of carbonyl (C=O) groups is 5. The van der Waals surface area contributed by atoms with E-state index in [-0.39, 0.29) is 73.3 Å². The Kier molecular flexibility index (Phi) is 8.26. The van der Waals surface area contributed by atoms with Gasteiger partial charge < -0.3 is 15.5 Å². The molecular weight excluding hydrogens is 412 g/mol. The smallest absolute Gasteiger partial charge is 0.227 e. The monoisotopic (exact) mass is 448 g/mol. The minimum atomic E-state index is -0.538. The van der Waals surface area contributed by atoms with Crippen LogP contribution in [0.25, 0.3) is 0 Å². The van der Waals surface area contributed by atoms with Gasteiger partial charge in [0.25, 0.3) is 0 Å². The van der Waals surface area contributed by atoms with Gasteiger partial charge in [-0.3, -0.25) is 29.3 Å². The maximum absolute atomic E-state index is 13.1. The molecule has 3 heterocycles. The fraction of sp³-hybridized carbons (Fsp3) is 0.783. The first kappa shape index (κ1) is 24.2. The van der Waals surface area contributed by atoms with Gasteiger partial charge in [-0.05, 0) is 51.4 Å². The molecule has 0 aromatic carbocycles. The van der Waals surface area contributed by atoms with Gasteiger partial charge in [-0.15, -0.1) is 0 Å². The molecule has 0 radical (unpaired) electrons. The third-order valence-corrected chi connectivity index (χ3v) is 6.82. The lowest BCUT2D eigenvalue weighted by molar-refractivity contribution is -0.148. The van der Waals surface area contributed by atoms with Crippen LogP contribution >= 0.6 is 0 Å². The highest BCUT2D eigenvalue weighted by molar-refractivity contribution is 6.02. The molecule has 3 aliphatic heterocycles. The predicted octanol–water partition coefficient (Wildman–Crippen LogP) is 1.01. The molecule has 3 fully saturated rings. The average molecular weight is 449 g/mol. The van der Waals surface area contributed by atoms with E-state index in [2.05, 4.69) is 16.0 Å². The molecule has 178 valence electrons. The molecule has 3 N–H and O–H groups in total. The Morgan fingerprint density at radius 1 is 1.03 bits per heavy atom. The molecule has 3 unspecified atom stereocenters. The summed E-state index contributed by atoms with van der Waals surface area (Å²) < 4.78 is 0. The summed E-state index contributed by atoms with van der Waals surface area (Å²) in [5, 5.41) is 8.04. The molecule has 0 aromatic rings. The first-order valence-electron chi connectivity index (χ1n) is 12.0. The SMILES string of the molecule is CCCNC(=O)CCC(=O)NC(C)CC1CC2CCC(C1)N2C(=O)C1CC(=O)NC(=O)C1. The van der Waals surface area contributed by atoms with Crippen LogP contribution in [-0.4, -0.2) is 59.1 Å². The molecule has 3 rings (SSSR count). The number of rotatable bonds is 9. The Labute approximate surface area is 189 Å². The van der Waals surface area contributed by atoms with Crippen molar-refractivity contribution < 1.29 is 24.0 Å². The number of nitrogens with zero attached hydrogens (tertiary/aromatic N) is 1. The molecule has 2 bridgehead atoms. The Morgan fingerprint density at radius 2 is 1.62 bits per heavy atom. The minimum Gasteiger partial charge on any atom is -0.356 e. The van der Waals surface area contributed by atoms with Crippen LogP contribution in [0.3, 0.4) is 0 Å². The van der Waals surface area contributed by atoms with Gasteiger partial charge in [-0.2, -0.15) is 0 Å². The fourth-order valence-corrected chi connectivity index (χ4v) is 5.49. The van der Waals surface area contributed by atoms with Crippen LogP contribution in [0.5, 0.6) is 0 Å². The molecule has 0 aliphatic carbocycles. The number of amides is 5. The second-order valence-corrected chi connectivity index (χ2v) is 9.60. The van der Waals surface area contributed by atoms with E-state index in [9.17, 15) is 24.0 Å². The third kappa shape index (κ3) is 6.29. The van der Waals surface area contributed by atoms with Crippen molar-refractivity contribution in [2.24, 2.45) is 11.8 Å². The summed E-state index contributed by atoms with van der Waals surface area (Å²) >= 11 is 0. The molecule has 3 aliphatic rings. The van der Waals surface area contributed by atoms with Crippen molar-refractivity contribution in [2.45, 2.75) is 96.2 Å². The van der Waals surface area contributed by atoms with Crippen molar-refractivity contribution in [3.05, 3.63) is 0 Å². The summed E-state index contributed by atoms with van der Waals surface area (Å²) in [6, 6.07) is 0.306. The molecule has 0 saturated carbocycles. The summed E-state index contributed by atoms with van der Waals surface area (Å²) in [6.07, 6.45) is 5.94. The Balaban J connectivity index is 1.44. The van der Waals surface area contributed by atoms with Crippen molar-refractivity contribution in [2.75, 3.05) is 6.54 Å².